The van der Waals surface area contributed by atoms with Crippen LogP contribution in [0.2, 0.25) is 0 Å². The highest BCUT2D eigenvalue weighted by Gasteiger charge is 2.58. The number of amides is 1. The lowest BCUT2D eigenvalue weighted by molar-refractivity contribution is -0.182. The molecule has 2 saturated heterocycles. The summed E-state index contributed by atoms with van der Waals surface area (Å²) >= 11 is 0. The number of benzene rings is 2. The van der Waals surface area contributed by atoms with Gasteiger partial charge in [0.25, 0.3) is 0 Å². The Balaban J connectivity index is 1.68. The van der Waals surface area contributed by atoms with Crippen molar-refractivity contribution in [1.29, 1.82) is 0 Å². The largest absolute Gasteiger partial charge is 0.465 e. The number of rotatable bonds is 5. The number of esters is 2. The maximum atomic E-state index is 13.4. The number of carbonyl (C=O) groups excluding carboxylic acids is 3. The van der Waals surface area contributed by atoms with Crippen LogP contribution in [-0.4, -0.2) is 35.9 Å². The molecule has 0 radical (unpaired) electrons. The molecule has 2 aromatic carbocycles. The summed E-state index contributed by atoms with van der Waals surface area (Å²) in [4.78, 5) is 40.2. The van der Waals surface area contributed by atoms with Crippen molar-refractivity contribution >= 4 is 17.8 Å². The zero-order valence-corrected chi connectivity index (χ0v) is 16.5. The van der Waals surface area contributed by atoms with Crippen molar-refractivity contribution in [2.45, 2.75) is 19.6 Å². The van der Waals surface area contributed by atoms with Crippen LogP contribution in [-0.2, 0) is 30.4 Å². The van der Waals surface area contributed by atoms with Crippen LogP contribution in [0.25, 0.3) is 0 Å². The summed E-state index contributed by atoms with van der Waals surface area (Å²) in [6.07, 6.45) is -0.738. The Morgan fingerprint density at radius 1 is 1.13 bits per heavy atom. The summed E-state index contributed by atoms with van der Waals surface area (Å²) < 4.78 is 24.1. The molecule has 30 heavy (non-hydrogen) atoms. The minimum Gasteiger partial charge on any atom is -0.465 e. The molecule has 0 spiro atoms. The Kier molecular flexibility index (Phi) is 5.53. The van der Waals surface area contributed by atoms with E-state index in [-0.39, 0.29) is 12.5 Å². The van der Waals surface area contributed by atoms with Gasteiger partial charge >= 0.3 is 11.9 Å². The van der Waals surface area contributed by atoms with E-state index in [1.165, 1.54) is 12.1 Å². The number of nitrogens with zero attached hydrogens (tertiary/aromatic N) is 1. The second-order valence-electron chi connectivity index (χ2n) is 7.53. The van der Waals surface area contributed by atoms with E-state index in [9.17, 15) is 18.8 Å². The minimum absolute atomic E-state index is 0.101. The Hall–Kier alpha value is -3.22. The zero-order chi connectivity index (χ0) is 21.3. The van der Waals surface area contributed by atoms with Crippen LogP contribution in [0.4, 0.5) is 4.39 Å². The fourth-order valence-corrected chi connectivity index (χ4v) is 4.35. The first-order chi connectivity index (χ1) is 14.5. The van der Waals surface area contributed by atoms with Crippen LogP contribution in [0, 0.1) is 23.6 Å². The number of cyclic esters (lactones) is 1. The predicted molar refractivity (Wildman–Crippen MR) is 104 cm³/mol. The second-order valence-corrected chi connectivity index (χ2v) is 7.53. The standard InChI is InChI=1S/C23H22FNO5/c1-2-29-22(27)19-18-17(13-25(21(18)26)12-14-6-4-3-5-7-14)20(30-23(19)28)15-8-10-16(24)11-9-15/h3-11,17-20H,2,12-13H2,1H3/t17-,18+,19+,20+/m1/s1. The van der Waals surface area contributed by atoms with Crippen LogP contribution in [0.15, 0.2) is 54.6 Å². The highest BCUT2D eigenvalue weighted by Crippen LogP contribution is 2.46. The number of carbonyl (C=O) groups is 3. The van der Waals surface area contributed by atoms with Crippen LogP contribution in [0.1, 0.15) is 24.2 Å². The van der Waals surface area contributed by atoms with Gasteiger partial charge in [-0.25, -0.2) is 4.39 Å². The van der Waals surface area contributed by atoms with Crippen molar-refractivity contribution < 1.29 is 28.2 Å². The van der Waals surface area contributed by atoms with Crippen LogP contribution in [0.3, 0.4) is 0 Å². The first-order valence-electron chi connectivity index (χ1n) is 9.95. The van der Waals surface area contributed by atoms with Crippen LogP contribution in [0.5, 0.6) is 0 Å². The van der Waals surface area contributed by atoms with Gasteiger partial charge in [-0.2, -0.15) is 0 Å². The fraction of sp³-hybridized carbons (Fsp3) is 0.348. The Labute approximate surface area is 173 Å². The zero-order valence-electron chi connectivity index (χ0n) is 16.5. The van der Waals surface area contributed by atoms with Gasteiger partial charge in [0, 0.05) is 19.0 Å². The maximum Gasteiger partial charge on any atom is 0.321 e. The monoisotopic (exact) mass is 411 g/mol. The van der Waals surface area contributed by atoms with Crippen molar-refractivity contribution in [2.24, 2.45) is 17.8 Å². The van der Waals surface area contributed by atoms with Crippen molar-refractivity contribution in [3.8, 4) is 0 Å². The molecule has 7 heteroatoms. The van der Waals surface area contributed by atoms with Crippen molar-refractivity contribution in [1.82, 2.24) is 4.90 Å². The normalized spacial score (nSPS) is 25.6. The molecule has 0 aromatic heterocycles. The third-order valence-electron chi connectivity index (χ3n) is 5.69. The Morgan fingerprint density at radius 3 is 2.50 bits per heavy atom. The molecule has 1 amide bonds. The third kappa shape index (κ3) is 3.67. The van der Waals surface area contributed by atoms with E-state index >= 15 is 0 Å². The lowest BCUT2D eigenvalue weighted by Crippen LogP contribution is -2.46. The van der Waals surface area contributed by atoms with Gasteiger partial charge < -0.3 is 14.4 Å². The summed E-state index contributed by atoms with van der Waals surface area (Å²) in [5, 5.41) is 0. The number of fused-ring (bicyclic) bond motifs is 1. The SMILES string of the molecule is CCOC(=O)[C@H]1C(=O)O[C@@H](c2ccc(F)cc2)[C@@H]2CN(Cc3ccccc3)C(=O)[C@H]12. The quantitative estimate of drug-likeness (QED) is 0.559. The fourth-order valence-electron chi connectivity index (χ4n) is 4.35. The van der Waals surface area contributed by atoms with Crippen LogP contribution < -0.4 is 0 Å². The number of halogens is 1. The molecule has 2 aromatic rings. The molecule has 0 bridgehead atoms. The molecule has 0 N–H and O–H groups in total. The first-order valence-corrected chi connectivity index (χ1v) is 9.95. The van der Waals surface area contributed by atoms with Gasteiger partial charge in [-0.1, -0.05) is 42.5 Å². The molecular formula is C23H22FNO5. The molecule has 0 unspecified atom stereocenters. The van der Waals surface area contributed by atoms with E-state index < -0.39 is 41.6 Å². The van der Waals surface area contributed by atoms with Gasteiger partial charge in [0.2, 0.25) is 5.91 Å². The molecule has 156 valence electrons. The van der Waals surface area contributed by atoms with Crippen molar-refractivity contribution in [2.75, 3.05) is 13.2 Å². The number of hydrogen-bond donors (Lipinski definition) is 0. The molecule has 6 nitrogen and oxygen atoms in total. The lowest BCUT2D eigenvalue weighted by Gasteiger charge is -2.35. The molecule has 4 atom stereocenters. The average molecular weight is 411 g/mol. The molecule has 2 fully saturated rings. The maximum absolute atomic E-state index is 13.4. The second kappa shape index (κ2) is 8.26. The Morgan fingerprint density at radius 2 is 1.83 bits per heavy atom. The van der Waals surface area contributed by atoms with E-state index in [0.29, 0.717) is 18.7 Å². The average Bonchev–Trinajstić information content (AvgIpc) is 3.05. The smallest absolute Gasteiger partial charge is 0.321 e. The van der Waals surface area contributed by atoms with E-state index in [0.717, 1.165) is 5.56 Å². The van der Waals surface area contributed by atoms with E-state index in [2.05, 4.69) is 0 Å². The third-order valence-corrected chi connectivity index (χ3v) is 5.69. The van der Waals surface area contributed by atoms with Gasteiger partial charge in [0.05, 0.1) is 12.5 Å². The van der Waals surface area contributed by atoms with Gasteiger partial charge in [0.1, 0.15) is 11.9 Å². The van der Waals surface area contributed by atoms with Gasteiger partial charge in [0.15, 0.2) is 5.92 Å². The van der Waals surface area contributed by atoms with Gasteiger partial charge in [-0.15, -0.1) is 0 Å². The summed E-state index contributed by atoms with van der Waals surface area (Å²) in [6.45, 7) is 2.43. The van der Waals surface area contributed by atoms with Gasteiger partial charge in [-0.3, -0.25) is 14.4 Å². The molecule has 2 aliphatic heterocycles. The first kappa shape index (κ1) is 20.1. The summed E-state index contributed by atoms with van der Waals surface area (Å²) in [6, 6.07) is 15.1. The number of hydrogen-bond acceptors (Lipinski definition) is 5. The molecule has 0 aliphatic carbocycles. The van der Waals surface area contributed by atoms with E-state index in [1.54, 1.807) is 24.0 Å². The lowest BCUT2D eigenvalue weighted by atomic mass is 9.76. The highest BCUT2D eigenvalue weighted by molar-refractivity contribution is 6.01. The molecule has 0 saturated carbocycles. The van der Waals surface area contributed by atoms with Crippen LogP contribution >= 0.6 is 0 Å². The summed E-state index contributed by atoms with van der Waals surface area (Å²) in [7, 11) is 0. The number of likely N-dealkylation sites (tertiary alicyclic amines) is 1. The topological polar surface area (TPSA) is 72.9 Å². The molecule has 2 aliphatic rings. The predicted octanol–water partition coefficient (Wildman–Crippen LogP) is 2.88. The summed E-state index contributed by atoms with van der Waals surface area (Å²) in [5.41, 5.74) is 1.54. The van der Waals surface area contributed by atoms with Crippen molar-refractivity contribution in [3.63, 3.8) is 0 Å². The Bertz CT molecular complexity index is 946. The molecule has 2 heterocycles. The minimum atomic E-state index is -1.29. The summed E-state index contributed by atoms with van der Waals surface area (Å²) in [5.74, 6) is -4.80. The highest BCUT2D eigenvalue weighted by atomic mass is 19.1. The van der Waals surface area contributed by atoms with E-state index in [1.807, 2.05) is 30.3 Å². The molecular weight excluding hydrogens is 389 g/mol. The van der Waals surface area contributed by atoms with Gasteiger partial charge in [-0.05, 0) is 30.2 Å². The molecule has 4 rings (SSSR count). The van der Waals surface area contributed by atoms with E-state index in [4.69, 9.17) is 9.47 Å². The van der Waals surface area contributed by atoms with Crippen molar-refractivity contribution in [3.05, 3.63) is 71.5 Å². The number of ether oxygens (including phenoxy) is 2.